The van der Waals surface area contributed by atoms with Gasteiger partial charge in [-0.05, 0) is 22.9 Å². The summed E-state index contributed by atoms with van der Waals surface area (Å²) in [7, 11) is 0. The van der Waals surface area contributed by atoms with Crippen LogP contribution < -0.4 is 11.2 Å². The smallest absolute Gasteiger partial charge is 0.328 e. The van der Waals surface area contributed by atoms with E-state index >= 15 is 0 Å². The minimum Gasteiger partial charge on any atom is -0.375 e. The van der Waals surface area contributed by atoms with E-state index in [0.29, 0.717) is 19.7 Å². The predicted molar refractivity (Wildman–Crippen MR) is 71.0 cm³/mol. The van der Waals surface area contributed by atoms with Crippen molar-refractivity contribution in [3.63, 3.8) is 0 Å². The number of hydrogen-bond donors (Lipinski definition) is 1. The van der Waals surface area contributed by atoms with Crippen molar-refractivity contribution in [1.82, 2.24) is 14.5 Å². The van der Waals surface area contributed by atoms with Crippen molar-refractivity contribution >= 4 is 21.8 Å². The lowest BCUT2D eigenvalue weighted by Crippen LogP contribution is -2.46. The molecule has 1 amide bonds. The largest absolute Gasteiger partial charge is 0.375 e. The lowest BCUT2D eigenvalue weighted by molar-refractivity contribution is -0.138. The Morgan fingerprint density at radius 3 is 3.00 bits per heavy atom. The first kappa shape index (κ1) is 14.0. The van der Waals surface area contributed by atoms with Crippen LogP contribution in [0.5, 0.6) is 0 Å². The zero-order valence-corrected chi connectivity index (χ0v) is 12.0. The van der Waals surface area contributed by atoms with Gasteiger partial charge in [0, 0.05) is 19.3 Å². The fourth-order valence-electron chi connectivity index (χ4n) is 1.89. The summed E-state index contributed by atoms with van der Waals surface area (Å²) >= 11 is 3.03. The highest BCUT2D eigenvalue weighted by Crippen LogP contribution is 2.05. The van der Waals surface area contributed by atoms with Crippen LogP contribution in [-0.4, -0.2) is 46.2 Å². The van der Waals surface area contributed by atoms with Gasteiger partial charge in [0.1, 0.15) is 6.54 Å². The molecule has 19 heavy (non-hydrogen) atoms. The standard InChI is InChI=1S/C11H14BrN3O4/c1-7-4-14(2-3-19-7)9(16)6-15-5-8(12)10(17)13-11(15)18/h5,7H,2-4,6H2,1H3,(H,13,17,18)/t7-/m0/s1. The molecule has 1 fully saturated rings. The molecule has 0 saturated carbocycles. The highest BCUT2D eigenvalue weighted by atomic mass is 79.9. The summed E-state index contributed by atoms with van der Waals surface area (Å²) in [5.74, 6) is -0.170. The fourth-order valence-corrected chi connectivity index (χ4v) is 2.24. The number of nitrogens with zero attached hydrogens (tertiary/aromatic N) is 2. The van der Waals surface area contributed by atoms with Crippen LogP contribution in [0.25, 0.3) is 0 Å². The van der Waals surface area contributed by atoms with Crippen LogP contribution in [0.4, 0.5) is 0 Å². The van der Waals surface area contributed by atoms with E-state index in [1.807, 2.05) is 6.92 Å². The summed E-state index contributed by atoms with van der Waals surface area (Å²) in [4.78, 5) is 38.6. The maximum Gasteiger partial charge on any atom is 0.328 e. The third kappa shape index (κ3) is 3.32. The van der Waals surface area contributed by atoms with Crippen molar-refractivity contribution in [3.05, 3.63) is 31.5 Å². The van der Waals surface area contributed by atoms with Gasteiger partial charge < -0.3 is 9.64 Å². The molecule has 1 aromatic rings. The van der Waals surface area contributed by atoms with Gasteiger partial charge in [0.25, 0.3) is 5.56 Å². The van der Waals surface area contributed by atoms with Gasteiger partial charge in [-0.25, -0.2) is 4.79 Å². The van der Waals surface area contributed by atoms with Crippen molar-refractivity contribution in [1.29, 1.82) is 0 Å². The second-order valence-electron chi connectivity index (χ2n) is 4.39. The zero-order valence-electron chi connectivity index (χ0n) is 10.4. The molecule has 0 bridgehead atoms. The molecule has 0 spiro atoms. The molecular weight excluding hydrogens is 318 g/mol. The topological polar surface area (TPSA) is 84.4 Å². The van der Waals surface area contributed by atoms with Crippen molar-refractivity contribution < 1.29 is 9.53 Å². The normalized spacial score (nSPS) is 19.5. The Bertz CT molecular complexity index is 594. The van der Waals surface area contributed by atoms with E-state index in [4.69, 9.17) is 4.74 Å². The maximum absolute atomic E-state index is 12.1. The third-order valence-electron chi connectivity index (χ3n) is 2.87. The molecule has 2 heterocycles. The summed E-state index contributed by atoms with van der Waals surface area (Å²) in [6.07, 6.45) is 1.32. The van der Waals surface area contributed by atoms with Gasteiger partial charge in [-0.1, -0.05) is 0 Å². The van der Waals surface area contributed by atoms with Crippen molar-refractivity contribution in [2.75, 3.05) is 19.7 Å². The predicted octanol–water partition coefficient (Wildman–Crippen LogP) is -0.454. The van der Waals surface area contributed by atoms with Gasteiger partial charge in [0.15, 0.2) is 0 Å². The van der Waals surface area contributed by atoms with Gasteiger partial charge in [-0.2, -0.15) is 0 Å². The van der Waals surface area contributed by atoms with E-state index in [9.17, 15) is 14.4 Å². The number of ether oxygens (including phenoxy) is 1. The summed E-state index contributed by atoms with van der Waals surface area (Å²) in [5.41, 5.74) is -1.10. The summed E-state index contributed by atoms with van der Waals surface area (Å²) in [6, 6.07) is 0. The van der Waals surface area contributed by atoms with Crippen LogP contribution in [0.1, 0.15) is 6.92 Å². The molecular formula is C11H14BrN3O4. The minimum absolute atomic E-state index is 0.00302. The van der Waals surface area contributed by atoms with Gasteiger partial charge in [-0.15, -0.1) is 0 Å². The van der Waals surface area contributed by atoms with Crippen LogP contribution in [0.2, 0.25) is 0 Å². The average molecular weight is 332 g/mol. The highest BCUT2D eigenvalue weighted by molar-refractivity contribution is 9.10. The molecule has 0 unspecified atom stereocenters. The van der Waals surface area contributed by atoms with Crippen LogP contribution in [0.15, 0.2) is 20.3 Å². The van der Waals surface area contributed by atoms with Crippen LogP contribution in [-0.2, 0) is 16.1 Å². The molecule has 1 aromatic heterocycles. The Morgan fingerprint density at radius 1 is 1.58 bits per heavy atom. The SMILES string of the molecule is C[C@H]1CN(C(=O)Cn2cc(Br)c(=O)[nH]c2=O)CCO1. The van der Waals surface area contributed by atoms with Crippen LogP contribution in [0.3, 0.4) is 0 Å². The molecule has 1 saturated heterocycles. The zero-order chi connectivity index (χ0) is 14.0. The second-order valence-corrected chi connectivity index (χ2v) is 5.24. The Morgan fingerprint density at radius 2 is 2.32 bits per heavy atom. The molecule has 2 rings (SSSR count). The number of hydrogen-bond acceptors (Lipinski definition) is 4. The number of carbonyl (C=O) groups is 1. The summed E-state index contributed by atoms with van der Waals surface area (Å²) < 4.78 is 6.74. The number of aromatic amines is 1. The Kier molecular flexibility index (Phi) is 4.20. The molecule has 8 heteroatoms. The third-order valence-corrected chi connectivity index (χ3v) is 3.43. The molecule has 7 nitrogen and oxygen atoms in total. The maximum atomic E-state index is 12.1. The lowest BCUT2D eigenvalue weighted by atomic mass is 10.3. The molecule has 0 aromatic carbocycles. The van der Waals surface area contributed by atoms with Crippen molar-refractivity contribution in [3.8, 4) is 0 Å². The molecule has 1 atom stereocenters. The Labute approximate surface area is 117 Å². The number of aromatic nitrogens is 2. The number of morpholine rings is 1. The minimum atomic E-state index is -0.595. The van der Waals surface area contributed by atoms with Gasteiger partial charge >= 0.3 is 5.69 Å². The number of carbonyl (C=O) groups excluding carboxylic acids is 1. The monoisotopic (exact) mass is 331 g/mol. The first-order valence-corrected chi connectivity index (χ1v) is 6.65. The van der Waals surface area contributed by atoms with E-state index in [1.54, 1.807) is 4.90 Å². The van der Waals surface area contributed by atoms with E-state index in [-0.39, 0.29) is 23.0 Å². The quantitative estimate of drug-likeness (QED) is 0.795. The van der Waals surface area contributed by atoms with Crippen molar-refractivity contribution in [2.45, 2.75) is 19.6 Å². The Hall–Kier alpha value is -1.41. The van der Waals surface area contributed by atoms with Gasteiger partial charge in [0.2, 0.25) is 5.91 Å². The first-order chi connectivity index (χ1) is 8.97. The number of amides is 1. The molecule has 0 aliphatic carbocycles. The fraction of sp³-hybridized carbons (Fsp3) is 0.545. The van der Waals surface area contributed by atoms with E-state index in [0.717, 1.165) is 0 Å². The molecule has 104 valence electrons. The van der Waals surface area contributed by atoms with Gasteiger partial charge in [-0.3, -0.25) is 19.1 Å². The van der Waals surface area contributed by atoms with Gasteiger partial charge in [0.05, 0.1) is 17.2 Å². The lowest BCUT2D eigenvalue weighted by Gasteiger charge is -2.31. The van der Waals surface area contributed by atoms with E-state index < -0.39 is 11.2 Å². The second kappa shape index (κ2) is 5.70. The van der Waals surface area contributed by atoms with E-state index in [2.05, 4.69) is 20.9 Å². The molecule has 1 aliphatic heterocycles. The number of rotatable bonds is 2. The number of nitrogens with one attached hydrogen (secondary N) is 1. The Balaban J connectivity index is 2.13. The van der Waals surface area contributed by atoms with Crippen LogP contribution in [0, 0.1) is 0 Å². The summed E-state index contributed by atoms with van der Waals surface area (Å²) in [6.45, 7) is 3.32. The summed E-state index contributed by atoms with van der Waals surface area (Å²) in [5, 5.41) is 0. The number of halogens is 1. The van der Waals surface area contributed by atoms with E-state index in [1.165, 1.54) is 10.8 Å². The molecule has 1 aliphatic rings. The molecule has 0 radical (unpaired) electrons. The first-order valence-electron chi connectivity index (χ1n) is 5.86. The van der Waals surface area contributed by atoms with Crippen LogP contribution >= 0.6 is 15.9 Å². The highest BCUT2D eigenvalue weighted by Gasteiger charge is 2.21. The molecule has 1 N–H and O–H groups in total. The number of H-pyrrole nitrogens is 1. The average Bonchev–Trinajstić information content (AvgIpc) is 2.36. The van der Waals surface area contributed by atoms with Crippen molar-refractivity contribution in [2.24, 2.45) is 0 Å².